The zero-order valence-corrected chi connectivity index (χ0v) is 13.8. The molecule has 2 aromatic heterocycles. The van der Waals surface area contributed by atoms with E-state index in [9.17, 15) is 9.59 Å². The molecule has 5 heteroatoms. The summed E-state index contributed by atoms with van der Waals surface area (Å²) in [5.41, 5.74) is 3.49. The number of pyridine rings is 1. The number of hydrogen-bond acceptors (Lipinski definition) is 2. The van der Waals surface area contributed by atoms with Crippen LogP contribution in [0.15, 0.2) is 60.9 Å². The van der Waals surface area contributed by atoms with Crippen LogP contribution in [0.1, 0.15) is 26.3 Å². The van der Waals surface area contributed by atoms with E-state index < -0.39 is 0 Å². The molecule has 0 fully saturated rings. The summed E-state index contributed by atoms with van der Waals surface area (Å²) in [6.45, 7) is 1.66. The first-order valence-corrected chi connectivity index (χ1v) is 8.44. The van der Waals surface area contributed by atoms with E-state index >= 15 is 0 Å². The van der Waals surface area contributed by atoms with E-state index in [0.29, 0.717) is 25.2 Å². The molecule has 1 aliphatic rings. The van der Waals surface area contributed by atoms with Crippen molar-refractivity contribution in [2.75, 3.05) is 19.6 Å². The second kappa shape index (κ2) is 6.43. The van der Waals surface area contributed by atoms with Crippen LogP contribution in [0.2, 0.25) is 0 Å². The highest BCUT2D eigenvalue weighted by atomic mass is 16.2. The van der Waals surface area contributed by atoms with Crippen molar-refractivity contribution >= 4 is 17.3 Å². The van der Waals surface area contributed by atoms with Crippen LogP contribution < -0.4 is 5.32 Å². The Morgan fingerprint density at radius 1 is 1.12 bits per heavy atom. The fourth-order valence-electron chi connectivity index (χ4n) is 3.27. The van der Waals surface area contributed by atoms with E-state index in [1.165, 1.54) is 0 Å². The monoisotopic (exact) mass is 333 g/mol. The summed E-state index contributed by atoms with van der Waals surface area (Å²) in [6.07, 6.45) is 4.59. The first kappa shape index (κ1) is 15.4. The molecule has 0 unspecified atom stereocenters. The van der Waals surface area contributed by atoms with Crippen LogP contribution in [-0.2, 0) is 6.42 Å². The topological polar surface area (TPSA) is 53.8 Å². The summed E-state index contributed by atoms with van der Waals surface area (Å²) in [7, 11) is 0. The van der Waals surface area contributed by atoms with Crippen LogP contribution in [0.4, 0.5) is 0 Å². The van der Waals surface area contributed by atoms with Gasteiger partial charge in [0.25, 0.3) is 11.8 Å². The molecule has 126 valence electrons. The summed E-state index contributed by atoms with van der Waals surface area (Å²) in [5, 5.41) is 2.91. The lowest BCUT2D eigenvalue weighted by molar-refractivity contribution is 0.0733. The molecule has 0 radical (unpaired) electrons. The Labute approximate surface area is 145 Å². The average molecular weight is 333 g/mol. The summed E-state index contributed by atoms with van der Waals surface area (Å²) in [6, 6.07) is 15.4. The molecule has 0 atom stereocenters. The molecule has 1 N–H and O–H groups in total. The van der Waals surface area contributed by atoms with Gasteiger partial charge in [0.15, 0.2) is 0 Å². The number of hydrogen-bond donors (Lipinski definition) is 1. The highest BCUT2D eigenvalue weighted by molar-refractivity contribution is 5.97. The third-order valence-corrected chi connectivity index (χ3v) is 4.62. The number of amides is 2. The van der Waals surface area contributed by atoms with Crippen LogP contribution in [0.25, 0.3) is 5.52 Å². The molecule has 1 aliphatic heterocycles. The summed E-state index contributed by atoms with van der Waals surface area (Å²) in [5.74, 6) is -0.0701. The predicted octanol–water partition coefficient (Wildman–Crippen LogP) is 2.37. The third kappa shape index (κ3) is 3.01. The van der Waals surface area contributed by atoms with Gasteiger partial charge in [0, 0.05) is 43.1 Å². The highest BCUT2D eigenvalue weighted by Crippen LogP contribution is 2.18. The van der Waals surface area contributed by atoms with Gasteiger partial charge in [-0.1, -0.05) is 24.3 Å². The maximum Gasteiger partial charge on any atom is 0.254 e. The van der Waals surface area contributed by atoms with Crippen LogP contribution in [0.3, 0.4) is 0 Å². The van der Waals surface area contributed by atoms with Gasteiger partial charge in [-0.15, -0.1) is 0 Å². The Bertz CT molecular complexity index is 912. The molecule has 2 amide bonds. The van der Waals surface area contributed by atoms with Gasteiger partial charge in [-0.2, -0.15) is 0 Å². The number of aromatic nitrogens is 1. The van der Waals surface area contributed by atoms with Gasteiger partial charge in [-0.3, -0.25) is 9.59 Å². The standard InChI is InChI=1S/C20H19N3O2/c24-19(16-13-17-6-3-4-10-23(17)14-16)21-9-12-22-11-8-15-5-1-2-7-18(15)20(22)25/h1-7,10,13-14H,8-9,11-12H2,(H,21,24). The van der Waals surface area contributed by atoms with E-state index in [2.05, 4.69) is 5.32 Å². The van der Waals surface area contributed by atoms with Crippen molar-refractivity contribution in [2.45, 2.75) is 6.42 Å². The van der Waals surface area contributed by atoms with Gasteiger partial charge < -0.3 is 14.6 Å². The number of carbonyl (C=O) groups excluding carboxylic acids is 2. The smallest absolute Gasteiger partial charge is 0.254 e. The molecule has 3 aromatic rings. The highest BCUT2D eigenvalue weighted by Gasteiger charge is 2.23. The van der Waals surface area contributed by atoms with Crippen LogP contribution in [-0.4, -0.2) is 40.7 Å². The molecule has 5 nitrogen and oxygen atoms in total. The maximum atomic E-state index is 12.5. The van der Waals surface area contributed by atoms with Gasteiger partial charge in [0.05, 0.1) is 5.56 Å². The number of benzene rings is 1. The zero-order valence-electron chi connectivity index (χ0n) is 13.8. The van der Waals surface area contributed by atoms with Crippen molar-refractivity contribution in [1.82, 2.24) is 14.6 Å². The molecular formula is C20H19N3O2. The minimum atomic E-state index is -0.117. The van der Waals surface area contributed by atoms with Crippen LogP contribution in [0, 0.1) is 0 Å². The number of nitrogens with zero attached hydrogens (tertiary/aromatic N) is 2. The largest absolute Gasteiger partial charge is 0.350 e. The van der Waals surface area contributed by atoms with Crippen molar-refractivity contribution in [3.05, 3.63) is 77.6 Å². The summed E-state index contributed by atoms with van der Waals surface area (Å²) >= 11 is 0. The Morgan fingerprint density at radius 2 is 1.96 bits per heavy atom. The second-order valence-electron chi connectivity index (χ2n) is 6.22. The first-order valence-electron chi connectivity index (χ1n) is 8.44. The Balaban J connectivity index is 1.36. The molecule has 0 spiro atoms. The van der Waals surface area contributed by atoms with E-state index in [1.54, 1.807) is 4.90 Å². The lowest BCUT2D eigenvalue weighted by atomic mass is 9.99. The van der Waals surface area contributed by atoms with Crippen molar-refractivity contribution in [3.8, 4) is 0 Å². The Morgan fingerprint density at radius 3 is 2.84 bits per heavy atom. The predicted molar refractivity (Wildman–Crippen MR) is 95.8 cm³/mol. The SMILES string of the molecule is O=C(NCCN1CCc2ccccc2C1=O)c1cc2ccccn2c1. The molecule has 0 saturated heterocycles. The van der Waals surface area contributed by atoms with Crippen molar-refractivity contribution in [1.29, 1.82) is 0 Å². The second-order valence-corrected chi connectivity index (χ2v) is 6.22. The minimum absolute atomic E-state index is 0.0469. The minimum Gasteiger partial charge on any atom is -0.350 e. The van der Waals surface area contributed by atoms with Crippen molar-refractivity contribution < 1.29 is 9.59 Å². The molecule has 4 rings (SSSR count). The Hall–Kier alpha value is -3.08. The lowest BCUT2D eigenvalue weighted by Gasteiger charge is -2.28. The van der Waals surface area contributed by atoms with Gasteiger partial charge in [-0.25, -0.2) is 0 Å². The number of nitrogens with one attached hydrogen (secondary N) is 1. The number of carbonyl (C=O) groups is 2. The van der Waals surface area contributed by atoms with Gasteiger partial charge >= 0.3 is 0 Å². The quantitative estimate of drug-likeness (QED) is 0.797. The maximum absolute atomic E-state index is 12.5. The fourth-order valence-corrected chi connectivity index (χ4v) is 3.27. The first-order chi connectivity index (χ1) is 12.2. The molecule has 0 aliphatic carbocycles. The van der Waals surface area contributed by atoms with E-state index in [4.69, 9.17) is 0 Å². The van der Waals surface area contributed by atoms with E-state index in [-0.39, 0.29) is 11.8 Å². The van der Waals surface area contributed by atoms with Crippen LogP contribution >= 0.6 is 0 Å². The molecule has 0 bridgehead atoms. The van der Waals surface area contributed by atoms with Gasteiger partial charge in [0.1, 0.15) is 0 Å². The molecule has 1 aromatic carbocycles. The average Bonchev–Trinajstić information content (AvgIpc) is 3.08. The molecule has 25 heavy (non-hydrogen) atoms. The Kier molecular flexibility index (Phi) is 3.98. The van der Waals surface area contributed by atoms with E-state index in [0.717, 1.165) is 23.1 Å². The normalized spacial score (nSPS) is 13.8. The molecular weight excluding hydrogens is 314 g/mol. The lowest BCUT2D eigenvalue weighted by Crippen LogP contribution is -2.42. The van der Waals surface area contributed by atoms with Crippen molar-refractivity contribution in [2.24, 2.45) is 0 Å². The van der Waals surface area contributed by atoms with Gasteiger partial charge in [0.2, 0.25) is 0 Å². The van der Waals surface area contributed by atoms with Gasteiger partial charge in [-0.05, 0) is 36.2 Å². The third-order valence-electron chi connectivity index (χ3n) is 4.62. The summed E-state index contributed by atoms with van der Waals surface area (Å²) in [4.78, 5) is 26.6. The fraction of sp³-hybridized carbons (Fsp3) is 0.200. The summed E-state index contributed by atoms with van der Waals surface area (Å²) < 4.78 is 1.92. The zero-order chi connectivity index (χ0) is 17.2. The molecule has 3 heterocycles. The number of fused-ring (bicyclic) bond motifs is 2. The number of rotatable bonds is 4. The van der Waals surface area contributed by atoms with Crippen molar-refractivity contribution in [3.63, 3.8) is 0 Å². The van der Waals surface area contributed by atoms with E-state index in [1.807, 2.05) is 65.3 Å². The molecule has 0 saturated carbocycles. The van der Waals surface area contributed by atoms with Crippen LogP contribution in [0.5, 0.6) is 0 Å².